The minimum Gasteiger partial charge on any atom is -0.298 e. The molecule has 0 aromatic rings. The maximum atomic E-state index is 11.3. The number of ketones is 1. The van der Waals surface area contributed by atoms with E-state index in [9.17, 15) is 4.79 Å². The molecular formula is C9H15BrO. The van der Waals surface area contributed by atoms with Gasteiger partial charge in [0.25, 0.3) is 0 Å². The van der Waals surface area contributed by atoms with Gasteiger partial charge in [0.15, 0.2) is 0 Å². The molecule has 2 atom stereocenters. The highest BCUT2D eigenvalue weighted by atomic mass is 79.9. The van der Waals surface area contributed by atoms with Crippen LogP contribution in [0.1, 0.15) is 39.0 Å². The second-order valence-electron chi connectivity index (χ2n) is 3.28. The van der Waals surface area contributed by atoms with Crippen LogP contribution in [0.5, 0.6) is 0 Å². The number of rotatable bonds is 1. The molecule has 0 aliphatic heterocycles. The number of carbonyl (C=O) groups excluding carboxylic acids is 1. The lowest BCUT2D eigenvalue weighted by Gasteiger charge is -2.15. The lowest BCUT2D eigenvalue weighted by Crippen LogP contribution is -2.20. The number of hydrogen-bond donors (Lipinski definition) is 0. The predicted molar refractivity (Wildman–Crippen MR) is 50.0 cm³/mol. The first-order chi connectivity index (χ1) is 5.25. The van der Waals surface area contributed by atoms with Crippen molar-refractivity contribution in [3.05, 3.63) is 0 Å². The lowest BCUT2D eigenvalue weighted by molar-refractivity contribution is -0.118. The Morgan fingerprint density at radius 2 is 2.27 bits per heavy atom. The Morgan fingerprint density at radius 3 is 2.91 bits per heavy atom. The van der Waals surface area contributed by atoms with Gasteiger partial charge >= 0.3 is 0 Å². The molecule has 0 aromatic carbocycles. The Labute approximate surface area is 76.7 Å². The molecule has 1 fully saturated rings. The molecule has 0 N–H and O–H groups in total. The lowest BCUT2D eigenvalue weighted by atomic mass is 9.97. The van der Waals surface area contributed by atoms with Gasteiger partial charge in [0.1, 0.15) is 5.78 Å². The van der Waals surface area contributed by atoms with Gasteiger partial charge in [-0.15, -0.1) is 0 Å². The van der Waals surface area contributed by atoms with E-state index < -0.39 is 0 Å². The number of halogens is 1. The molecule has 0 saturated heterocycles. The molecule has 0 radical (unpaired) electrons. The third-order valence-corrected chi connectivity index (χ3v) is 3.75. The van der Waals surface area contributed by atoms with Crippen molar-refractivity contribution in [1.82, 2.24) is 0 Å². The Bertz CT molecular complexity index is 144. The summed E-state index contributed by atoms with van der Waals surface area (Å²) < 4.78 is 0. The average Bonchev–Trinajstić information content (AvgIpc) is 2.16. The van der Waals surface area contributed by atoms with Crippen molar-refractivity contribution in [3.8, 4) is 0 Å². The normalized spacial score (nSPS) is 33.5. The van der Waals surface area contributed by atoms with Crippen LogP contribution in [0, 0.1) is 5.92 Å². The molecule has 1 aliphatic carbocycles. The third-order valence-electron chi connectivity index (χ3n) is 2.49. The van der Waals surface area contributed by atoms with Crippen LogP contribution < -0.4 is 0 Å². The summed E-state index contributed by atoms with van der Waals surface area (Å²) in [5, 5.41) is 0. The van der Waals surface area contributed by atoms with Gasteiger partial charge in [-0.25, -0.2) is 0 Å². The second kappa shape index (κ2) is 4.24. The zero-order chi connectivity index (χ0) is 8.27. The van der Waals surface area contributed by atoms with E-state index in [1.165, 1.54) is 12.8 Å². The van der Waals surface area contributed by atoms with E-state index in [1.54, 1.807) is 0 Å². The standard InChI is InChI=1S/C9H15BrO/c1-2-7-5-3-4-6-8(11)9(7)10/h7,9H,2-6H2,1H3/t7-,9?/m1/s1. The van der Waals surface area contributed by atoms with Crippen LogP contribution >= 0.6 is 15.9 Å². The second-order valence-corrected chi connectivity index (χ2v) is 4.27. The van der Waals surface area contributed by atoms with Gasteiger partial charge < -0.3 is 0 Å². The quantitative estimate of drug-likeness (QED) is 0.489. The third kappa shape index (κ3) is 2.29. The van der Waals surface area contributed by atoms with E-state index in [-0.39, 0.29) is 4.83 Å². The summed E-state index contributed by atoms with van der Waals surface area (Å²) in [6.45, 7) is 2.16. The van der Waals surface area contributed by atoms with Crippen LogP contribution in [0.3, 0.4) is 0 Å². The summed E-state index contributed by atoms with van der Waals surface area (Å²) in [7, 11) is 0. The summed E-state index contributed by atoms with van der Waals surface area (Å²) in [6, 6.07) is 0. The summed E-state index contributed by atoms with van der Waals surface area (Å²) in [6.07, 6.45) is 5.45. The van der Waals surface area contributed by atoms with Gasteiger partial charge in [-0.1, -0.05) is 35.7 Å². The molecule has 1 nitrogen and oxygen atoms in total. The fraction of sp³-hybridized carbons (Fsp3) is 0.889. The molecule has 0 amide bonds. The van der Waals surface area contributed by atoms with Crippen molar-refractivity contribution in [2.75, 3.05) is 0 Å². The predicted octanol–water partition coefficient (Wildman–Crippen LogP) is 2.92. The van der Waals surface area contributed by atoms with E-state index in [2.05, 4.69) is 22.9 Å². The molecule has 2 heteroatoms. The van der Waals surface area contributed by atoms with Crippen LogP contribution in [0.2, 0.25) is 0 Å². The van der Waals surface area contributed by atoms with Crippen LogP contribution in [0.15, 0.2) is 0 Å². The monoisotopic (exact) mass is 218 g/mol. The smallest absolute Gasteiger partial charge is 0.146 e. The molecule has 0 bridgehead atoms. The van der Waals surface area contributed by atoms with Gasteiger partial charge in [0, 0.05) is 6.42 Å². The zero-order valence-electron chi connectivity index (χ0n) is 6.98. The molecule has 1 saturated carbocycles. The van der Waals surface area contributed by atoms with Crippen molar-refractivity contribution >= 4 is 21.7 Å². The topological polar surface area (TPSA) is 17.1 Å². The largest absolute Gasteiger partial charge is 0.298 e. The van der Waals surface area contributed by atoms with E-state index in [4.69, 9.17) is 0 Å². The van der Waals surface area contributed by atoms with Crippen LogP contribution in [-0.4, -0.2) is 10.6 Å². The first kappa shape index (κ1) is 9.24. The van der Waals surface area contributed by atoms with Gasteiger partial charge in [-0.3, -0.25) is 4.79 Å². The number of carbonyl (C=O) groups is 1. The minimum absolute atomic E-state index is 0.148. The fourth-order valence-electron chi connectivity index (χ4n) is 1.66. The molecule has 1 rings (SSSR count). The molecule has 1 unspecified atom stereocenters. The van der Waals surface area contributed by atoms with E-state index >= 15 is 0 Å². The van der Waals surface area contributed by atoms with E-state index in [0.29, 0.717) is 11.7 Å². The molecule has 0 spiro atoms. The maximum Gasteiger partial charge on any atom is 0.146 e. The van der Waals surface area contributed by atoms with Crippen LogP contribution in [-0.2, 0) is 4.79 Å². The number of alkyl halides is 1. The summed E-state index contributed by atoms with van der Waals surface area (Å²) in [4.78, 5) is 11.5. The summed E-state index contributed by atoms with van der Waals surface area (Å²) in [5.74, 6) is 0.999. The van der Waals surface area contributed by atoms with Gasteiger partial charge in [0.2, 0.25) is 0 Å². The fourth-order valence-corrected chi connectivity index (χ4v) is 2.53. The molecule has 1 aliphatic rings. The Hall–Kier alpha value is 0.150. The molecule has 11 heavy (non-hydrogen) atoms. The average molecular weight is 219 g/mol. The van der Waals surface area contributed by atoms with Crippen molar-refractivity contribution in [1.29, 1.82) is 0 Å². The van der Waals surface area contributed by atoms with Gasteiger partial charge in [-0.2, -0.15) is 0 Å². The SMILES string of the molecule is CC[C@@H]1CCCCC(=O)C1Br. The number of hydrogen-bond acceptors (Lipinski definition) is 1. The summed E-state index contributed by atoms with van der Waals surface area (Å²) in [5.41, 5.74) is 0. The highest BCUT2D eigenvalue weighted by Crippen LogP contribution is 2.28. The van der Waals surface area contributed by atoms with E-state index in [1.807, 2.05) is 0 Å². The van der Waals surface area contributed by atoms with Crippen molar-refractivity contribution in [2.24, 2.45) is 5.92 Å². The first-order valence-corrected chi connectivity index (χ1v) is 5.34. The highest BCUT2D eigenvalue weighted by Gasteiger charge is 2.25. The minimum atomic E-state index is 0.148. The number of Topliss-reactive ketones (excluding diaryl/α,β-unsaturated/α-hetero) is 1. The Kier molecular flexibility index (Phi) is 3.57. The van der Waals surface area contributed by atoms with Gasteiger partial charge in [0.05, 0.1) is 4.83 Å². The Morgan fingerprint density at radius 1 is 1.55 bits per heavy atom. The highest BCUT2D eigenvalue weighted by molar-refractivity contribution is 9.10. The summed E-state index contributed by atoms with van der Waals surface area (Å²) >= 11 is 3.48. The molecule has 64 valence electrons. The maximum absolute atomic E-state index is 11.3. The van der Waals surface area contributed by atoms with Crippen LogP contribution in [0.25, 0.3) is 0 Å². The van der Waals surface area contributed by atoms with Crippen LogP contribution in [0.4, 0.5) is 0 Å². The zero-order valence-corrected chi connectivity index (χ0v) is 8.56. The molecule has 0 heterocycles. The molecule has 0 aromatic heterocycles. The van der Waals surface area contributed by atoms with Crippen molar-refractivity contribution in [2.45, 2.75) is 43.9 Å². The first-order valence-electron chi connectivity index (χ1n) is 4.42. The van der Waals surface area contributed by atoms with E-state index in [0.717, 1.165) is 19.3 Å². The van der Waals surface area contributed by atoms with Gasteiger partial charge in [-0.05, 0) is 18.8 Å². The molecular weight excluding hydrogens is 204 g/mol. The van der Waals surface area contributed by atoms with Crippen molar-refractivity contribution < 1.29 is 4.79 Å². The Balaban J connectivity index is 2.56. The van der Waals surface area contributed by atoms with Crippen molar-refractivity contribution in [3.63, 3.8) is 0 Å².